The van der Waals surface area contributed by atoms with Gasteiger partial charge in [0.2, 0.25) is 5.91 Å². The number of hydrogen-bond donors (Lipinski definition) is 1. The van der Waals surface area contributed by atoms with E-state index in [2.05, 4.69) is 4.98 Å². The lowest BCUT2D eigenvalue weighted by Crippen LogP contribution is -2.50. The second kappa shape index (κ2) is 10.1. The number of amides is 2. The van der Waals surface area contributed by atoms with Crippen LogP contribution in [0.2, 0.25) is 0 Å². The highest BCUT2D eigenvalue weighted by atomic mass is 32.2. The minimum atomic E-state index is -3.53. The molecule has 202 valence electrons. The quantitative estimate of drug-likeness (QED) is 0.409. The Bertz CT molecular complexity index is 1760. The fraction of sp³-hybridized carbons (Fsp3) is 0.250. The zero-order valence-electron chi connectivity index (χ0n) is 21.8. The molecular formula is C28H28N4O6S. The van der Waals surface area contributed by atoms with Gasteiger partial charge in [-0.2, -0.15) is 0 Å². The van der Waals surface area contributed by atoms with Gasteiger partial charge in [0.1, 0.15) is 17.0 Å². The number of rotatable bonds is 5. The Morgan fingerprint density at radius 1 is 0.949 bits per heavy atom. The van der Waals surface area contributed by atoms with E-state index in [1.807, 2.05) is 0 Å². The average Bonchev–Trinajstić information content (AvgIpc) is 3.41. The van der Waals surface area contributed by atoms with Crippen molar-refractivity contribution in [2.45, 2.75) is 11.8 Å². The van der Waals surface area contributed by atoms with Crippen LogP contribution >= 0.6 is 0 Å². The summed E-state index contributed by atoms with van der Waals surface area (Å²) in [4.78, 5) is 43.9. The van der Waals surface area contributed by atoms with Gasteiger partial charge in [0.05, 0.1) is 4.90 Å². The van der Waals surface area contributed by atoms with Gasteiger partial charge in [-0.3, -0.25) is 14.4 Å². The molecule has 0 saturated carbocycles. The Labute approximate surface area is 225 Å². The van der Waals surface area contributed by atoms with Crippen LogP contribution in [-0.2, 0) is 21.7 Å². The molecule has 1 saturated heterocycles. The SMILES string of the molecule is CC(=O)N1CCN(C(=O)c2cccc(Oc3ccc(S(C)(=O)=O)cc3-c3cn(C)c(=O)c4[nH]ccc34)c2)CC1. The van der Waals surface area contributed by atoms with E-state index in [1.54, 1.807) is 65.6 Å². The highest BCUT2D eigenvalue weighted by Crippen LogP contribution is 2.38. The molecule has 2 aromatic carbocycles. The third-order valence-corrected chi connectivity index (χ3v) is 7.99. The van der Waals surface area contributed by atoms with E-state index in [9.17, 15) is 22.8 Å². The first-order valence-corrected chi connectivity index (χ1v) is 14.3. The second-order valence-electron chi connectivity index (χ2n) is 9.58. The maximum atomic E-state index is 13.2. The Hall–Kier alpha value is -4.38. The van der Waals surface area contributed by atoms with E-state index in [-0.39, 0.29) is 22.3 Å². The summed E-state index contributed by atoms with van der Waals surface area (Å²) in [6.07, 6.45) is 4.43. The highest BCUT2D eigenvalue weighted by molar-refractivity contribution is 7.90. The Morgan fingerprint density at radius 2 is 1.67 bits per heavy atom. The Morgan fingerprint density at radius 3 is 2.36 bits per heavy atom. The number of fused-ring (bicyclic) bond motifs is 1. The van der Waals surface area contributed by atoms with E-state index in [1.165, 1.54) is 23.6 Å². The minimum Gasteiger partial charge on any atom is -0.457 e. The van der Waals surface area contributed by atoms with Crippen LogP contribution in [0.4, 0.5) is 0 Å². The molecule has 4 aromatic rings. The van der Waals surface area contributed by atoms with Crippen LogP contribution in [0, 0.1) is 0 Å². The minimum absolute atomic E-state index is 0.00871. The summed E-state index contributed by atoms with van der Waals surface area (Å²) in [6.45, 7) is 3.38. The van der Waals surface area contributed by atoms with Gasteiger partial charge in [-0.25, -0.2) is 8.42 Å². The Balaban J connectivity index is 1.51. The maximum absolute atomic E-state index is 13.2. The number of nitrogens with one attached hydrogen (secondary N) is 1. The normalized spacial score (nSPS) is 14.0. The summed E-state index contributed by atoms with van der Waals surface area (Å²) in [5, 5.41) is 0.627. The van der Waals surface area contributed by atoms with Crippen LogP contribution in [0.15, 0.2) is 70.6 Å². The lowest BCUT2D eigenvalue weighted by Gasteiger charge is -2.34. The van der Waals surface area contributed by atoms with E-state index in [0.717, 1.165) is 6.26 Å². The number of hydrogen-bond acceptors (Lipinski definition) is 6. The molecule has 1 fully saturated rings. The number of aromatic nitrogens is 2. The number of piperazine rings is 1. The zero-order chi connectivity index (χ0) is 27.9. The van der Waals surface area contributed by atoms with E-state index in [4.69, 9.17) is 4.74 Å². The van der Waals surface area contributed by atoms with Crippen LogP contribution < -0.4 is 10.3 Å². The molecule has 0 spiro atoms. The third kappa shape index (κ3) is 5.17. The molecule has 1 aliphatic heterocycles. The van der Waals surface area contributed by atoms with E-state index in [0.29, 0.717) is 65.3 Å². The summed E-state index contributed by atoms with van der Waals surface area (Å²) >= 11 is 0. The van der Waals surface area contributed by atoms with Crippen molar-refractivity contribution in [1.29, 1.82) is 0 Å². The monoisotopic (exact) mass is 548 g/mol. The van der Waals surface area contributed by atoms with Gasteiger partial charge >= 0.3 is 0 Å². The van der Waals surface area contributed by atoms with Gasteiger partial charge in [-0.15, -0.1) is 0 Å². The fourth-order valence-corrected chi connectivity index (χ4v) is 5.40. The summed E-state index contributed by atoms with van der Waals surface area (Å²) in [7, 11) is -1.90. The standard InChI is InChI=1S/C28H28N4O6S/c1-18(33)31-11-13-32(14-12-31)27(34)19-5-4-6-20(15-19)38-25-8-7-21(39(3,36)37)16-23(25)24-17-30(2)28(35)26-22(24)9-10-29-26/h4-10,15-17,29H,11-14H2,1-3H3. The number of aromatic amines is 1. The lowest BCUT2D eigenvalue weighted by molar-refractivity contribution is -0.130. The number of aryl methyl sites for hydroxylation is 1. The lowest BCUT2D eigenvalue weighted by atomic mass is 10.0. The molecule has 0 unspecified atom stereocenters. The highest BCUT2D eigenvalue weighted by Gasteiger charge is 2.24. The molecule has 2 amide bonds. The van der Waals surface area contributed by atoms with Gasteiger partial charge in [0, 0.05) is 80.9 Å². The average molecular weight is 549 g/mol. The van der Waals surface area contributed by atoms with Crippen LogP contribution in [0.5, 0.6) is 11.5 Å². The molecule has 5 rings (SSSR count). The zero-order valence-corrected chi connectivity index (χ0v) is 22.6. The summed E-state index contributed by atoms with van der Waals surface area (Å²) < 4.78 is 32.4. The van der Waals surface area contributed by atoms with Crippen LogP contribution in [0.25, 0.3) is 22.0 Å². The van der Waals surface area contributed by atoms with Crippen molar-refractivity contribution in [2.24, 2.45) is 7.05 Å². The van der Waals surface area contributed by atoms with Crippen molar-refractivity contribution in [3.05, 3.63) is 76.8 Å². The number of sulfone groups is 1. The number of pyridine rings is 1. The predicted molar refractivity (Wildman–Crippen MR) is 147 cm³/mol. The molecular weight excluding hydrogens is 520 g/mol. The van der Waals surface area contributed by atoms with Crippen LogP contribution in [-0.4, -0.2) is 72.0 Å². The molecule has 10 nitrogen and oxygen atoms in total. The Kier molecular flexibility index (Phi) is 6.77. The number of H-pyrrole nitrogens is 1. The molecule has 1 N–H and O–H groups in total. The molecule has 0 aliphatic carbocycles. The molecule has 1 aliphatic rings. The van der Waals surface area contributed by atoms with E-state index < -0.39 is 9.84 Å². The number of nitrogens with zero attached hydrogens (tertiary/aromatic N) is 3. The summed E-state index contributed by atoms with van der Waals surface area (Å²) in [5.41, 5.74) is 1.71. The molecule has 0 bridgehead atoms. The first-order chi connectivity index (χ1) is 18.5. The summed E-state index contributed by atoms with van der Waals surface area (Å²) in [6, 6.07) is 13.1. The van der Waals surface area contributed by atoms with Crippen LogP contribution in [0.3, 0.4) is 0 Å². The number of carbonyl (C=O) groups excluding carboxylic acids is 2. The van der Waals surface area contributed by atoms with Gasteiger partial charge in [-0.1, -0.05) is 6.07 Å². The number of ether oxygens (including phenoxy) is 1. The smallest absolute Gasteiger partial charge is 0.274 e. The van der Waals surface area contributed by atoms with Crippen molar-refractivity contribution in [3.8, 4) is 22.6 Å². The van der Waals surface area contributed by atoms with Gasteiger partial charge in [0.25, 0.3) is 11.5 Å². The van der Waals surface area contributed by atoms with Crippen LogP contribution in [0.1, 0.15) is 17.3 Å². The topological polar surface area (TPSA) is 122 Å². The van der Waals surface area contributed by atoms with Crippen molar-refractivity contribution in [1.82, 2.24) is 19.4 Å². The van der Waals surface area contributed by atoms with Crippen molar-refractivity contribution < 1.29 is 22.7 Å². The van der Waals surface area contributed by atoms with Crippen molar-refractivity contribution in [3.63, 3.8) is 0 Å². The van der Waals surface area contributed by atoms with E-state index >= 15 is 0 Å². The molecule has 39 heavy (non-hydrogen) atoms. The first-order valence-electron chi connectivity index (χ1n) is 12.4. The molecule has 0 radical (unpaired) electrons. The fourth-order valence-electron chi connectivity index (χ4n) is 4.75. The second-order valence-corrected chi connectivity index (χ2v) is 11.6. The largest absolute Gasteiger partial charge is 0.457 e. The van der Waals surface area contributed by atoms with Gasteiger partial charge in [0.15, 0.2) is 9.84 Å². The molecule has 0 atom stereocenters. The molecule has 2 aromatic heterocycles. The third-order valence-electron chi connectivity index (χ3n) is 6.88. The number of carbonyl (C=O) groups is 2. The van der Waals surface area contributed by atoms with Gasteiger partial charge in [-0.05, 0) is 42.5 Å². The van der Waals surface area contributed by atoms with Crippen molar-refractivity contribution >= 4 is 32.6 Å². The maximum Gasteiger partial charge on any atom is 0.274 e. The first kappa shape index (κ1) is 26.2. The van der Waals surface area contributed by atoms with Crippen molar-refractivity contribution in [2.75, 3.05) is 32.4 Å². The van der Waals surface area contributed by atoms with Gasteiger partial charge < -0.3 is 24.1 Å². The summed E-state index contributed by atoms with van der Waals surface area (Å²) in [5.74, 6) is 0.587. The number of benzene rings is 2. The molecule has 11 heteroatoms. The predicted octanol–water partition coefficient (Wildman–Crippen LogP) is 3.03. The molecule has 3 heterocycles.